The van der Waals surface area contributed by atoms with E-state index in [0.29, 0.717) is 6.54 Å². The fourth-order valence-electron chi connectivity index (χ4n) is 3.96. The Bertz CT molecular complexity index is 777. The first kappa shape index (κ1) is 21.3. The maximum atomic E-state index is 12.6. The highest BCUT2D eigenvalue weighted by Crippen LogP contribution is 2.16. The maximum absolute atomic E-state index is 12.6. The van der Waals surface area contributed by atoms with E-state index < -0.39 is 0 Å². The summed E-state index contributed by atoms with van der Waals surface area (Å²) in [4.78, 5) is 15.6. The van der Waals surface area contributed by atoms with Gasteiger partial charge >= 0.3 is 0 Å². The summed E-state index contributed by atoms with van der Waals surface area (Å²) in [7, 11) is 0. The van der Waals surface area contributed by atoms with Crippen LogP contribution in [0, 0.1) is 6.92 Å². The molecule has 1 fully saturated rings. The lowest BCUT2D eigenvalue weighted by molar-refractivity contribution is -1.01. The molecule has 4 nitrogen and oxygen atoms in total. The third kappa shape index (κ3) is 6.84. The van der Waals surface area contributed by atoms with Crippen LogP contribution in [-0.4, -0.2) is 45.2 Å². The van der Waals surface area contributed by atoms with Crippen LogP contribution >= 0.6 is 0 Å². The number of carbonyl (C=O) groups excluding carboxylic acids is 1. The standard InChI is InChI=1S/C25H33N3O/c1-3-24(23-13-11-21(2)12-14-23)26-25(29)20-28-18-16-27(17-19-28)15-7-10-22-8-5-4-6-9-22/h4-14,24H,3,15-20H2,1-2H3,(H,26,29)/p+2/b10-7+/t24-/m1/s1. The van der Waals surface area contributed by atoms with Crippen molar-refractivity contribution in [1.82, 2.24) is 5.32 Å². The Labute approximate surface area is 175 Å². The number of aryl methyl sites for hydroxylation is 1. The molecule has 0 radical (unpaired) electrons. The Hall–Kier alpha value is -2.43. The molecule has 0 aromatic heterocycles. The first-order valence-corrected chi connectivity index (χ1v) is 10.9. The van der Waals surface area contributed by atoms with E-state index in [1.54, 1.807) is 4.90 Å². The molecular formula is C25H35N3O+2. The summed E-state index contributed by atoms with van der Waals surface area (Å²) in [5.41, 5.74) is 3.70. The second-order valence-electron chi connectivity index (χ2n) is 8.13. The summed E-state index contributed by atoms with van der Waals surface area (Å²) in [6.45, 7) is 10.2. The summed E-state index contributed by atoms with van der Waals surface area (Å²) < 4.78 is 0. The zero-order valence-corrected chi connectivity index (χ0v) is 17.8. The van der Waals surface area contributed by atoms with Gasteiger partial charge in [0.1, 0.15) is 26.2 Å². The van der Waals surface area contributed by atoms with Gasteiger partial charge < -0.3 is 15.1 Å². The molecule has 0 aliphatic carbocycles. The van der Waals surface area contributed by atoms with Crippen molar-refractivity contribution >= 4 is 12.0 Å². The van der Waals surface area contributed by atoms with E-state index in [4.69, 9.17) is 0 Å². The fourth-order valence-corrected chi connectivity index (χ4v) is 3.96. The monoisotopic (exact) mass is 393 g/mol. The Kier molecular flexibility index (Phi) is 8.03. The lowest BCUT2D eigenvalue weighted by Crippen LogP contribution is -3.28. The summed E-state index contributed by atoms with van der Waals surface area (Å²) in [6, 6.07) is 19.0. The normalized spacial score (nSPS) is 20.5. The highest BCUT2D eigenvalue weighted by Gasteiger charge is 2.25. The molecule has 154 valence electrons. The van der Waals surface area contributed by atoms with Gasteiger partial charge in [0.2, 0.25) is 0 Å². The number of amides is 1. The van der Waals surface area contributed by atoms with Crippen molar-refractivity contribution in [2.75, 3.05) is 39.3 Å². The zero-order chi connectivity index (χ0) is 20.5. The minimum atomic E-state index is 0.109. The Morgan fingerprint density at radius 3 is 2.31 bits per heavy atom. The van der Waals surface area contributed by atoms with E-state index in [0.717, 1.165) is 39.1 Å². The Morgan fingerprint density at radius 1 is 1.00 bits per heavy atom. The van der Waals surface area contributed by atoms with Crippen molar-refractivity contribution < 1.29 is 14.6 Å². The number of hydrogen-bond donors (Lipinski definition) is 3. The number of nitrogens with one attached hydrogen (secondary N) is 3. The zero-order valence-electron chi connectivity index (χ0n) is 17.8. The summed E-state index contributed by atoms with van der Waals surface area (Å²) in [5, 5.41) is 3.24. The Balaban J connectivity index is 1.40. The van der Waals surface area contributed by atoms with Crippen LogP contribution in [0.1, 0.15) is 36.1 Å². The quantitative estimate of drug-likeness (QED) is 0.617. The summed E-state index contributed by atoms with van der Waals surface area (Å²) >= 11 is 0. The SMILES string of the molecule is CC[C@@H](NC(=O)C[NH+]1CC[NH+](C/C=C/c2ccccc2)CC1)c1ccc(C)cc1. The molecule has 2 aromatic rings. The van der Waals surface area contributed by atoms with Gasteiger partial charge in [-0.15, -0.1) is 0 Å². The highest BCUT2D eigenvalue weighted by molar-refractivity contribution is 5.77. The average molecular weight is 394 g/mol. The summed E-state index contributed by atoms with van der Waals surface area (Å²) in [6.07, 6.45) is 5.39. The first-order valence-electron chi connectivity index (χ1n) is 10.9. The van der Waals surface area contributed by atoms with Crippen molar-refractivity contribution in [3.63, 3.8) is 0 Å². The van der Waals surface area contributed by atoms with Crippen molar-refractivity contribution in [3.8, 4) is 0 Å². The third-order valence-electron chi connectivity index (χ3n) is 5.81. The lowest BCUT2D eigenvalue weighted by atomic mass is 10.0. The second-order valence-corrected chi connectivity index (χ2v) is 8.13. The van der Waals surface area contributed by atoms with Crippen LogP contribution in [0.2, 0.25) is 0 Å². The minimum Gasteiger partial charge on any atom is -0.344 e. The molecule has 1 amide bonds. The number of hydrogen-bond acceptors (Lipinski definition) is 1. The fraction of sp³-hybridized carbons (Fsp3) is 0.400. The molecule has 1 saturated heterocycles. The van der Waals surface area contributed by atoms with Gasteiger partial charge in [0.15, 0.2) is 6.54 Å². The molecular weight excluding hydrogens is 358 g/mol. The van der Waals surface area contributed by atoms with Gasteiger partial charge in [0.05, 0.1) is 12.6 Å². The van der Waals surface area contributed by atoms with Gasteiger partial charge in [-0.1, -0.05) is 73.2 Å². The highest BCUT2D eigenvalue weighted by atomic mass is 16.2. The van der Waals surface area contributed by atoms with E-state index in [1.807, 2.05) is 6.07 Å². The van der Waals surface area contributed by atoms with Gasteiger partial charge in [0, 0.05) is 0 Å². The molecule has 1 heterocycles. The lowest BCUT2D eigenvalue weighted by Gasteiger charge is -2.29. The molecule has 3 N–H and O–H groups in total. The molecule has 29 heavy (non-hydrogen) atoms. The van der Waals surface area contributed by atoms with Crippen LogP contribution in [0.4, 0.5) is 0 Å². The van der Waals surface area contributed by atoms with Gasteiger partial charge in [-0.25, -0.2) is 0 Å². The van der Waals surface area contributed by atoms with Crippen molar-refractivity contribution in [2.45, 2.75) is 26.3 Å². The summed E-state index contributed by atoms with van der Waals surface area (Å²) in [5.74, 6) is 0.167. The number of benzene rings is 2. The minimum absolute atomic E-state index is 0.109. The maximum Gasteiger partial charge on any atom is 0.275 e. The van der Waals surface area contributed by atoms with E-state index in [2.05, 4.69) is 79.8 Å². The van der Waals surface area contributed by atoms with Gasteiger partial charge in [-0.05, 0) is 30.5 Å². The van der Waals surface area contributed by atoms with Crippen LogP contribution < -0.4 is 15.1 Å². The molecule has 0 unspecified atom stereocenters. The van der Waals surface area contributed by atoms with Crippen molar-refractivity contribution in [3.05, 3.63) is 77.4 Å². The molecule has 1 aliphatic heterocycles. The first-order chi connectivity index (χ1) is 14.1. The van der Waals surface area contributed by atoms with Crippen molar-refractivity contribution in [2.24, 2.45) is 0 Å². The van der Waals surface area contributed by atoms with Crippen LogP contribution in [-0.2, 0) is 4.79 Å². The number of rotatable bonds is 8. The molecule has 1 aliphatic rings. The van der Waals surface area contributed by atoms with Gasteiger partial charge in [0.25, 0.3) is 5.91 Å². The molecule has 0 saturated carbocycles. The van der Waals surface area contributed by atoms with Gasteiger partial charge in [-0.2, -0.15) is 0 Å². The van der Waals surface area contributed by atoms with Crippen LogP contribution in [0.25, 0.3) is 6.08 Å². The predicted octanol–water partition coefficient (Wildman–Crippen LogP) is 1.06. The molecule has 4 heteroatoms. The largest absolute Gasteiger partial charge is 0.344 e. The number of piperazine rings is 1. The predicted molar refractivity (Wildman–Crippen MR) is 119 cm³/mol. The van der Waals surface area contributed by atoms with Crippen LogP contribution in [0.3, 0.4) is 0 Å². The molecule has 1 atom stereocenters. The van der Waals surface area contributed by atoms with Crippen LogP contribution in [0.5, 0.6) is 0 Å². The van der Waals surface area contributed by atoms with E-state index >= 15 is 0 Å². The molecule has 2 aromatic carbocycles. The van der Waals surface area contributed by atoms with Gasteiger partial charge in [-0.3, -0.25) is 4.79 Å². The average Bonchev–Trinajstić information content (AvgIpc) is 2.75. The van der Waals surface area contributed by atoms with E-state index in [1.165, 1.54) is 21.6 Å². The molecule has 0 bridgehead atoms. The van der Waals surface area contributed by atoms with Crippen molar-refractivity contribution in [1.29, 1.82) is 0 Å². The van der Waals surface area contributed by atoms with Crippen LogP contribution in [0.15, 0.2) is 60.7 Å². The smallest absolute Gasteiger partial charge is 0.275 e. The Morgan fingerprint density at radius 2 is 1.66 bits per heavy atom. The number of quaternary nitrogens is 2. The third-order valence-corrected chi connectivity index (χ3v) is 5.81. The topological polar surface area (TPSA) is 38.0 Å². The number of carbonyl (C=O) groups is 1. The van der Waals surface area contributed by atoms with E-state index in [-0.39, 0.29) is 11.9 Å². The van der Waals surface area contributed by atoms with E-state index in [9.17, 15) is 4.79 Å². The molecule has 0 spiro atoms. The molecule has 3 rings (SSSR count). The second kappa shape index (κ2) is 10.9.